The van der Waals surface area contributed by atoms with Crippen LogP contribution in [0.25, 0.3) is 0 Å². The molecule has 0 nitrogen and oxygen atoms in total. The summed E-state index contributed by atoms with van der Waals surface area (Å²) >= 11 is 0. The minimum absolute atomic E-state index is 0.256. The monoisotopic (exact) mass is 497 g/mol. The minimum atomic E-state index is 0.256. The fourth-order valence-corrected chi connectivity index (χ4v) is 9.59. The van der Waals surface area contributed by atoms with Crippen molar-refractivity contribution in [3.63, 3.8) is 0 Å². The highest BCUT2D eigenvalue weighted by molar-refractivity contribution is 5.26. The predicted molar refractivity (Wildman–Crippen MR) is 161 cm³/mol. The molecule has 208 valence electrons. The van der Waals surface area contributed by atoms with Crippen molar-refractivity contribution < 1.29 is 0 Å². The molecule has 4 aliphatic rings. The molecule has 0 aliphatic heterocycles. The minimum Gasteiger partial charge on any atom is -0.0993 e. The van der Waals surface area contributed by atoms with E-state index in [4.69, 9.17) is 0 Å². The fourth-order valence-electron chi connectivity index (χ4n) is 9.59. The molecule has 0 bridgehead atoms. The maximum Gasteiger partial charge on any atom is -0.00851 e. The molecule has 8 unspecified atom stereocenters. The van der Waals surface area contributed by atoms with Gasteiger partial charge in [0.1, 0.15) is 0 Å². The van der Waals surface area contributed by atoms with Gasteiger partial charge in [0, 0.05) is 0 Å². The molecule has 0 amide bonds. The summed E-state index contributed by atoms with van der Waals surface area (Å²) in [4.78, 5) is 0. The summed E-state index contributed by atoms with van der Waals surface area (Å²) in [5.41, 5.74) is 4.67. The van der Waals surface area contributed by atoms with Gasteiger partial charge in [-0.25, -0.2) is 0 Å². The van der Waals surface area contributed by atoms with Crippen molar-refractivity contribution in [2.75, 3.05) is 0 Å². The van der Waals surface area contributed by atoms with Crippen LogP contribution in [0.3, 0.4) is 0 Å². The third-order valence-corrected chi connectivity index (χ3v) is 12.0. The molecular formula is C36H64. The first-order valence-corrected chi connectivity index (χ1v) is 16.2. The van der Waals surface area contributed by atoms with Crippen LogP contribution in [-0.2, 0) is 0 Å². The van der Waals surface area contributed by atoms with Crippen molar-refractivity contribution in [3.05, 3.63) is 23.8 Å². The van der Waals surface area contributed by atoms with Crippen molar-refractivity contribution in [2.24, 2.45) is 57.7 Å². The first-order valence-electron chi connectivity index (χ1n) is 16.2. The molecule has 0 N–H and O–H groups in total. The van der Waals surface area contributed by atoms with Crippen molar-refractivity contribution in [2.45, 2.75) is 146 Å². The van der Waals surface area contributed by atoms with Crippen LogP contribution in [0.1, 0.15) is 146 Å². The summed E-state index contributed by atoms with van der Waals surface area (Å²) in [6.45, 7) is 28.3. The molecular weight excluding hydrogens is 432 g/mol. The Labute approximate surface area is 227 Å². The van der Waals surface area contributed by atoms with E-state index in [1.807, 2.05) is 19.4 Å². The summed E-state index contributed by atoms with van der Waals surface area (Å²) in [7, 11) is 0. The van der Waals surface area contributed by atoms with Crippen LogP contribution >= 0.6 is 0 Å². The van der Waals surface area contributed by atoms with E-state index in [0.717, 1.165) is 41.4 Å². The Hall–Kier alpha value is -0.520. The van der Waals surface area contributed by atoms with Crippen molar-refractivity contribution in [1.82, 2.24) is 0 Å². The Kier molecular flexibility index (Phi) is 9.76. The Balaban J connectivity index is 0.00000176. The van der Waals surface area contributed by atoms with Gasteiger partial charge in [-0.3, -0.25) is 0 Å². The second-order valence-corrected chi connectivity index (χ2v) is 15.5. The molecule has 36 heavy (non-hydrogen) atoms. The van der Waals surface area contributed by atoms with Crippen molar-refractivity contribution in [3.8, 4) is 0 Å². The van der Waals surface area contributed by atoms with Gasteiger partial charge in [-0.1, -0.05) is 112 Å². The molecule has 0 spiro atoms. The van der Waals surface area contributed by atoms with Gasteiger partial charge < -0.3 is 0 Å². The number of fused-ring (bicyclic) bond motifs is 5. The predicted octanol–water partition coefficient (Wildman–Crippen LogP) is 11.7. The fraction of sp³-hybridized carbons (Fsp3) is 0.889. The summed E-state index contributed by atoms with van der Waals surface area (Å²) in [6, 6.07) is 0. The highest BCUT2D eigenvalue weighted by Crippen LogP contribution is 2.67. The number of allylic oxidation sites excluding steroid dienone is 3. The van der Waals surface area contributed by atoms with E-state index in [1.165, 1.54) is 82.6 Å². The van der Waals surface area contributed by atoms with Crippen molar-refractivity contribution >= 4 is 0 Å². The SMILES string of the molecule is C=C(CC1CCC2(C)C(=CCC3C2CCC2(C)C(C(C)CCCC(C)C)CCC32)C1)C(C)(C)C.CC. The van der Waals surface area contributed by atoms with E-state index < -0.39 is 0 Å². The first kappa shape index (κ1) is 30.0. The lowest BCUT2D eigenvalue weighted by Gasteiger charge is -2.58. The number of rotatable bonds is 7. The normalized spacial score (nSPS) is 38.8. The first-order chi connectivity index (χ1) is 16.9. The van der Waals surface area contributed by atoms with Gasteiger partial charge in [-0.05, 0) is 115 Å². The summed E-state index contributed by atoms with van der Waals surface area (Å²) in [5, 5.41) is 0. The standard InChI is InChI=1S/C34H58.C2H6/c1-23(2)11-10-12-24(3)29-15-16-30-28-14-13-27-22-26(21-25(4)32(5,6)7)17-19-33(27,8)31(28)18-20-34(29,30)9;1-2/h13,23-24,26,28-31H,4,10-12,14-22H2,1-3,5-9H3;1-2H3. The zero-order valence-corrected chi connectivity index (χ0v) is 26.3. The van der Waals surface area contributed by atoms with E-state index in [1.54, 1.807) is 0 Å². The van der Waals surface area contributed by atoms with Crippen LogP contribution in [0.5, 0.6) is 0 Å². The van der Waals surface area contributed by atoms with Gasteiger partial charge in [-0.2, -0.15) is 0 Å². The zero-order valence-electron chi connectivity index (χ0n) is 26.3. The van der Waals surface area contributed by atoms with Gasteiger partial charge in [0.2, 0.25) is 0 Å². The van der Waals surface area contributed by atoms with Crippen LogP contribution in [0.15, 0.2) is 23.8 Å². The highest BCUT2D eigenvalue weighted by Gasteiger charge is 2.59. The average Bonchev–Trinajstić information content (AvgIpc) is 3.17. The molecule has 0 saturated heterocycles. The topological polar surface area (TPSA) is 0 Å². The second kappa shape index (κ2) is 11.7. The van der Waals surface area contributed by atoms with Crippen molar-refractivity contribution in [1.29, 1.82) is 0 Å². The van der Waals surface area contributed by atoms with Gasteiger partial charge >= 0.3 is 0 Å². The van der Waals surface area contributed by atoms with Gasteiger partial charge in [0.25, 0.3) is 0 Å². The number of hydrogen-bond donors (Lipinski definition) is 0. The van der Waals surface area contributed by atoms with Crippen LogP contribution in [0.4, 0.5) is 0 Å². The molecule has 0 aromatic heterocycles. The van der Waals surface area contributed by atoms with Crippen LogP contribution in [0, 0.1) is 57.7 Å². The lowest BCUT2D eigenvalue weighted by atomic mass is 9.46. The molecule has 0 aromatic carbocycles. The van der Waals surface area contributed by atoms with E-state index in [-0.39, 0.29) is 5.41 Å². The second-order valence-electron chi connectivity index (χ2n) is 15.5. The summed E-state index contributed by atoms with van der Waals surface area (Å²) in [6.07, 6.45) is 20.0. The van der Waals surface area contributed by atoms with Gasteiger partial charge in [0.15, 0.2) is 0 Å². The van der Waals surface area contributed by atoms with E-state index in [9.17, 15) is 0 Å². The summed E-state index contributed by atoms with van der Waals surface area (Å²) in [5.74, 6) is 6.48. The smallest absolute Gasteiger partial charge is 0.00851 e. The Morgan fingerprint density at radius 1 is 0.972 bits per heavy atom. The van der Waals surface area contributed by atoms with E-state index in [0.29, 0.717) is 10.8 Å². The molecule has 3 saturated carbocycles. The van der Waals surface area contributed by atoms with Gasteiger partial charge in [0.05, 0.1) is 0 Å². The van der Waals surface area contributed by atoms with Crippen LogP contribution in [0.2, 0.25) is 0 Å². The Morgan fingerprint density at radius 2 is 1.67 bits per heavy atom. The average molecular weight is 497 g/mol. The Bertz CT molecular complexity index is 761. The third kappa shape index (κ3) is 5.88. The maximum atomic E-state index is 4.48. The molecule has 4 rings (SSSR count). The molecule has 0 heterocycles. The Morgan fingerprint density at radius 3 is 2.31 bits per heavy atom. The van der Waals surface area contributed by atoms with E-state index in [2.05, 4.69) is 68.0 Å². The molecule has 4 aliphatic carbocycles. The highest BCUT2D eigenvalue weighted by atomic mass is 14.6. The summed E-state index contributed by atoms with van der Waals surface area (Å²) < 4.78 is 0. The van der Waals surface area contributed by atoms with Gasteiger partial charge in [-0.15, -0.1) is 0 Å². The van der Waals surface area contributed by atoms with Crippen LogP contribution in [-0.4, -0.2) is 0 Å². The van der Waals surface area contributed by atoms with E-state index >= 15 is 0 Å². The largest absolute Gasteiger partial charge is 0.0993 e. The molecule has 8 atom stereocenters. The molecule has 0 aromatic rings. The third-order valence-electron chi connectivity index (χ3n) is 12.0. The molecule has 3 fully saturated rings. The lowest BCUT2D eigenvalue weighted by molar-refractivity contribution is -0.0527. The molecule has 0 heteroatoms. The zero-order chi connectivity index (χ0) is 26.9. The maximum absolute atomic E-state index is 4.48. The molecule has 0 radical (unpaired) electrons. The quantitative estimate of drug-likeness (QED) is 0.307. The lowest BCUT2D eigenvalue weighted by Crippen LogP contribution is -2.50. The number of hydrogen-bond acceptors (Lipinski definition) is 0. The van der Waals surface area contributed by atoms with Crippen LogP contribution < -0.4 is 0 Å².